The van der Waals surface area contributed by atoms with E-state index in [2.05, 4.69) is 15.3 Å². The molecular formula is C22H22N4O6S. The molecule has 2 aromatic rings. The largest absolute Gasteiger partial charge is 0.474 e. The van der Waals surface area contributed by atoms with E-state index in [0.29, 0.717) is 52.9 Å². The van der Waals surface area contributed by atoms with Gasteiger partial charge in [-0.05, 0) is 49.4 Å². The molecule has 0 spiro atoms. The highest BCUT2D eigenvalue weighted by Crippen LogP contribution is 2.31. The van der Waals surface area contributed by atoms with Crippen molar-refractivity contribution in [3.8, 4) is 17.5 Å². The summed E-state index contributed by atoms with van der Waals surface area (Å²) in [6.07, 6.45) is 3.02. The Bertz CT molecular complexity index is 1140. The van der Waals surface area contributed by atoms with E-state index < -0.39 is 17.2 Å². The Hall–Kier alpha value is -3.60. The van der Waals surface area contributed by atoms with Crippen molar-refractivity contribution < 1.29 is 29.0 Å². The quantitative estimate of drug-likeness (QED) is 0.626. The van der Waals surface area contributed by atoms with Gasteiger partial charge in [-0.15, -0.1) is 0 Å². The molecule has 2 aliphatic rings. The van der Waals surface area contributed by atoms with Crippen molar-refractivity contribution in [1.82, 2.24) is 20.2 Å². The van der Waals surface area contributed by atoms with Crippen LogP contribution in [-0.4, -0.2) is 55.9 Å². The Morgan fingerprint density at radius 2 is 2.09 bits per heavy atom. The van der Waals surface area contributed by atoms with Crippen LogP contribution in [0.15, 0.2) is 35.5 Å². The van der Waals surface area contributed by atoms with Gasteiger partial charge in [-0.2, -0.15) is 0 Å². The van der Waals surface area contributed by atoms with Gasteiger partial charge >= 0.3 is 6.09 Å². The first-order valence-electron chi connectivity index (χ1n) is 10.3. The average Bonchev–Trinajstić information content (AvgIpc) is 3.07. The van der Waals surface area contributed by atoms with Crippen LogP contribution in [0.5, 0.6) is 17.5 Å². The summed E-state index contributed by atoms with van der Waals surface area (Å²) < 4.78 is 12.0. The number of nitrogens with one attached hydrogen (secondary N) is 1. The predicted molar refractivity (Wildman–Crippen MR) is 120 cm³/mol. The van der Waals surface area contributed by atoms with Gasteiger partial charge in [0, 0.05) is 25.4 Å². The van der Waals surface area contributed by atoms with E-state index in [1.165, 1.54) is 11.2 Å². The van der Waals surface area contributed by atoms with Gasteiger partial charge in [0.25, 0.3) is 11.1 Å². The number of benzene rings is 1. The average molecular weight is 471 g/mol. The first-order valence-corrected chi connectivity index (χ1v) is 11.1. The normalized spacial score (nSPS) is 21.8. The molecule has 0 radical (unpaired) electrons. The van der Waals surface area contributed by atoms with E-state index in [-0.39, 0.29) is 12.1 Å². The fraction of sp³-hybridized carbons (Fsp3) is 0.318. The summed E-state index contributed by atoms with van der Waals surface area (Å²) in [7, 11) is 0. The number of hydrogen-bond acceptors (Lipinski definition) is 8. The number of thioether (sulfide) groups is 1. The van der Waals surface area contributed by atoms with Crippen molar-refractivity contribution in [2.75, 3.05) is 6.54 Å². The van der Waals surface area contributed by atoms with E-state index in [9.17, 15) is 19.5 Å². The van der Waals surface area contributed by atoms with Crippen LogP contribution in [0, 0.1) is 6.92 Å². The van der Waals surface area contributed by atoms with Crippen LogP contribution < -0.4 is 14.8 Å². The number of ether oxygens (including phenoxy) is 2. The van der Waals surface area contributed by atoms with E-state index in [4.69, 9.17) is 9.47 Å². The Morgan fingerprint density at radius 3 is 2.79 bits per heavy atom. The van der Waals surface area contributed by atoms with Crippen molar-refractivity contribution >= 4 is 35.1 Å². The lowest BCUT2D eigenvalue weighted by Gasteiger charge is -2.35. The molecule has 10 nitrogen and oxygen atoms in total. The third-order valence-electron chi connectivity index (χ3n) is 5.36. The molecule has 11 heteroatoms. The van der Waals surface area contributed by atoms with Crippen LogP contribution in [0.3, 0.4) is 0 Å². The maximum absolute atomic E-state index is 11.8. The topological polar surface area (TPSA) is 131 Å². The molecule has 2 unspecified atom stereocenters. The summed E-state index contributed by atoms with van der Waals surface area (Å²) in [5.41, 5.74) is 1.31. The van der Waals surface area contributed by atoms with Crippen molar-refractivity contribution in [2.45, 2.75) is 38.8 Å². The minimum absolute atomic E-state index is 0.147. The van der Waals surface area contributed by atoms with Crippen LogP contribution >= 0.6 is 11.8 Å². The molecule has 2 atom stereocenters. The van der Waals surface area contributed by atoms with Crippen molar-refractivity contribution in [1.29, 1.82) is 0 Å². The molecule has 3 amide bonds. The molecule has 0 aliphatic carbocycles. The number of likely N-dealkylation sites (tertiary alicyclic amines) is 1. The second-order valence-electron chi connectivity index (χ2n) is 7.72. The van der Waals surface area contributed by atoms with Crippen molar-refractivity contribution in [2.24, 2.45) is 0 Å². The zero-order valence-electron chi connectivity index (χ0n) is 18.0. The van der Waals surface area contributed by atoms with Gasteiger partial charge in [0.2, 0.25) is 11.8 Å². The van der Waals surface area contributed by atoms with Gasteiger partial charge in [0.15, 0.2) is 0 Å². The summed E-state index contributed by atoms with van der Waals surface area (Å²) in [5, 5.41) is 11.1. The molecule has 2 aliphatic heterocycles. The number of hydrogen-bond donors (Lipinski definition) is 2. The van der Waals surface area contributed by atoms with Crippen molar-refractivity contribution in [3.63, 3.8) is 0 Å². The summed E-state index contributed by atoms with van der Waals surface area (Å²) in [6, 6.07) is 6.90. The van der Waals surface area contributed by atoms with Gasteiger partial charge in [-0.1, -0.05) is 12.1 Å². The number of nitrogens with zero attached hydrogens (tertiary/aromatic N) is 3. The summed E-state index contributed by atoms with van der Waals surface area (Å²) in [6.45, 7) is 4.05. The first kappa shape index (κ1) is 22.6. The number of aromatic nitrogens is 2. The highest BCUT2D eigenvalue weighted by molar-refractivity contribution is 8.18. The van der Waals surface area contributed by atoms with Gasteiger partial charge in [0.1, 0.15) is 18.2 Å². The maximum Gasteiger partial charge on any atom is 0.407 e. The molecule has 1 aromatic carbocycles. The van der Waals surface area contributed by atoms with E-state index in [0.717, 1.165) is 11.8 Å². The molecule has 2 saturated heterocycles. The first-order chi connectivity index (χ1) is 15.8. The molecule has 4 rings (SSSR count). The number of imide groups is 1. The number of carbonyl (C=O) groups excluding carboxylic acids is 2. The van der Waals surface area contributed by atoms with E-state index in [1.807, 2.05) is 6.92 Å². The van der Waals surface area contributed by atoms with Crippen molar-refractivity contribution in [3.05, 3.63) is 46.6 Å². The summed E-state index contributed by atoms with van der Waals surface area (Å²) in [4.78, 5) is 44.5. The van der Waals surface area contributed by atoms with Gasteiger partial charge in [-0.25, -0.2) is 14.8 Å². The van der Waals surface area contributed by atoms with E-state index in [1.54, 1.807) is 37.3 Å². The molecule has 0 saturated carbocycles. The van der Waals surface area contributed by atoms with Crippen LogP contribution in [0.4, 0.5) is 9.59 Å². The standard InChI is InChI=1S/C22H22N4O6S/c1-12-8-16(6-7-26(12)22(29)30)32-20-13(2)19(23-11-24-20)31-15-5-3-4-14(9-15)10-17-18(27)25-21(28)33-17/h3-5,9-12,16H,6-8H2,1-2H3,(H,29,30)(H,25,27,28). The second-order valence-corrected chi connectivity index (χ2v) is 8.74. The highest BCUT2D eigenvalue weighted by Gasteiger charge is 2.30. The maximum atomic E-state index is 11.8. The van der Waals surface area contributed by atoms with Crippen LogP contribution in [0.25, 0.3) is 6.08 Å². The Morgan fingerprint density at radius 1 is 1.30 bits per heavy atom. The minimum Gasteiger partial charge on any atom is -0.474 e. The third kappa shape index (κ3) is 5.25. The summed E-state index contributed by atoms with van der Waals surface area (Å²) >= 11 is 0.849. The Labute approximate surface area is 194 Å². The van der Waals surface area contributed by atoms with Crippen LogP contribution in [-0.2, 0) is 4.79 Å². The monoisotopic (exact) mass is 470 g/mol. The number of piperidine rings is 1. The molecule has 0 bridgehead atoms. The lowest BCUT2D eigenvalue weighted by Crippen LogP contribution is -2.46. The Kier molecular flexibility index (Phi) is 6.50. The Balaban J connectivity index is 1.46. The second kappa shape index (κ2) is 9.49. The summed E-state index contributed by atoms with van der Waals surface area (Å²) in [5.74, 6) is 0.782. The van der Waals surface area contributed by atoms with Crippen LogP contribution in [0.2, 0.25) is 0 Å². The SMILES string of the molecule is Cc1c(Oc2cccc(C=C3SC(=O)NC3=O)c2)ncnc1OC1CCN(C(=O)O)C(C)C1. The molecule has 33 heavy (non-hydrogen) atoms. The van der Waals surface area contributed by atoms with E-state index >= 15 is 0 Å². The number of amides is 3. The molecular weight excluding hydrogens is 448 g/mol. The number of rotatable bonds is 5. The minimum atomic E-state index is -0.925. The molecule has 3 heterocycles. The zero-order valence-corrected chi connectivity index (χ0v) is 18.8. The fourth-order valence-corrected chi connectivity index (χ4v) is 4.35. The molecule has 1 aromatic heterocycles. The molecule has 2 fully saturated rings. The van der Waals surface area contributed by atoms with Gasteiger partial charge in [0.05, 0.1) is 10.5 Å². The smallest absolute Gasteiger partial charge is 0.407 e. The molecule has 2 N–H and O–H groups in total. The fourth-order valence-electron chi connectivity index (χ4n) is 3.67. The third-order valence-corrected chi connectivity index (χ3v) is 6.17. The molecule has 172 valence electrons. The lowest BCUT2D eigenvalue weighted by molar-refractivity contribution is -0.115. The zero-order chi connectivity index (χ0) is 23.5. The van der Waals surface area contributed by atoms with Crippen LogP contribution in [0.1, 0.15) is 30.9 Å². The lowest BCUT2D eigenvalue weighted by atomic mass is 10.0. The number of carbonyl (C=O) groups is 3. The van der Waals surface area contributed by atoms with Gasteiger partial charge in [-0.3, -0.25) is 14.9 Å². The predicted octanol–water partition coefficient (Wildman–Crippen LogP) is 3.81. The highest BCUT2D eigenvalue weighted by atomic mass is 32.2. The number of carboxylic acid groups (broad SMARTS) is 1. The van der Waals surface area contributed by atoms with Gasteiger partial charge < -0.3 is 19.5 Å².